The molecule has 1 N–H and O–H groups in total. The summed E-state index contributed by atoms with van der Waals surface area (Å²) in [4.78, 5) is 0. The lowest BCUT2D eigenvalue weighted by molar-refractivity contribution is 0.527. The number of aryl methyl sites for hydroxylation is 2. The zero-order valence-corrected chi connectivity index (χ0v) is 13.1. The number of hydrogen-bond acceptors (Lipinski definition) is 2. The highest BCUT2D eigenvalue weighted by Crippen LogP contribution is 2.24. The molecule has 1 atom stereocenters. The second kappa shape index (κ2) is 6.91. The van der Waals surface area contributed by atoms with Crippen LogP contribution in [-0.4, -0.2) is 16.3 Å². The Morgan fingerprint density at radius 1 is 1.40 bits per heavy atom. The van der Waals surface area contributed by atoms with Gasteiger partial charge in [-0.15, -0.1) is 0 Å². The molecule has 3 nitrogen and oxygen atoms in total. The van der Waals surface area contributed by atoms with Crippen LogP contribution < -0.4 is 5.32 Å². The monoisotopic (exact) mass is 291 g/mol. The summed E-state index contributed by atoms with van der Waals surface area (Å²) in [5.41, 5.74) is 3.79. The van der Waals surface area contributed by atoms with E-state index in [1.807, 2.05) is 30.1 Å². The largest absolute Gasteiger partial charge is 0.310 e. The average Bonchev–Trinajstić information content (AvgIpc) is 2.80. The molecule has 1 aromatic heterocycles. The number of nitrogens with one attached hydrogen (secondary N) is 1. The van der Waals surface area contributed by atoms with E-state index in [0.29, 0.717) is 6.04 Å². The molecule has 0 bridgehead atoms. The number of halogens is 1. The Hall–Kier alpha value is -1.32. The molecule has 4 heteroatoms. The van der Waals surface area contributed by atoms with Crippen molar-refractivity contribution < 1.29 is 0 Å². The summed E-state index contributed by atoms with van der Waals surface area (Å²) in [5, 5.41) is 8.66. The van der Waals surface area contributed by atoms with Gasteiger partial charge in [-0.25, -0.2) is 0 Å². The lowest BCUT2D eigenvalue weighted by Gasteiger charge is -2.20. The maximum absolute atomic E-state index is 6.06. The van der Waals surface area contributed by atoms with E-state index < -0.39 is 0 Å². The Morgan fingerprint density at radius 3 is 2.80 bits per heavy atom. The van der Waals surface area contributed by atoms with Crippen LogP contribution in [0.1, 0.15) is 36.1 Å². The van der Waals surface area contributed by atoms with Gasteiger partial charge in [-0.3, -0.25) is 4.68 Å². The average molecular weight is 292 g/mol. The van der Waals surface area contributed by atoms with Crippen molar-refractivity contribution >= 4 is 11.6 Å². The molecule has 0 aliphatic heterocycles. The fourth-order valence-electron chi connectivity index (χ4n) is 2.45. The quantitative estimate of drug-likeness (QED) is 0.880. The normalized spacial score (nSPS) is 12.6. The van der Waals surface area contributed by atoms with E-state index in [0.717, 1.165) is 24.4 Å². The Morgan fingerprint density at radius 2 is 2.20 bits per heavy atom. The molecule has 0 amide bonds. The van der Waals surface area contributed by atoms with E-state index in [2.05, 4.69) is 36.5 Å². The zero-order chi connectivity index (χ0) is 14.5. The molecule has 0 spiro atoms. The summed E-state index contributed by atoms with van der Waals surface area (Å²) in [7, 11) is 1.95. The van der Waals surface area contributed by atoms with Gasteiger partial charge in [0.05, 0.1) is 6.20 Å². The topological polar surface area (TPSA) is 29.9 Å². The van der Waals surface area contributed by atoms with Gasteiger partial charge in [0, 0.05) is 24.3 Å². The molecular weight excluding hydrogens is 270 g/mol. The van der Waals surface area contributed by atoms with Crippen LogP contribution >= 0.6 is 11.6 Å². The van der Waals surface area contributed by atoms with Crippen LogP contribution in [0.4, 0.5) is 0 Å². The van der Waals surface area contributed by atoms with Gasteiger partial charge in [0.1, 0.15) is 0 Å². The molecule has 1 heterocycles. The molecule has 0 aliphatic carbocycles. The lowest BCUT2D eigenvalue weighted by Crippen LogP contribution is -2.24. The molecule has 0 radical (unpaired) electrons. The van der Waals surface area contributed by atoms with Crippen molar-refractivity contribution in [1.29, 1.82) is 0 Å². The zero-order valence-electron chi connectivity index (χ0n) is 12.4. The molecule has 20 heavy (non-hydrogen) atoms. The fraction of sp³-hybridized carbons (Fsp3) is 0.438. The number of nitrogens with zero attached hydrogens (tertiary/aromatic N) is 2. The van der Waals surface area contributed by atoms with Crippen molar-refractivity contribution in [3.05, 3.63) is 52.3 Å². The van der Waals surface area contributed by atoms with Crippen molar-refractivity contribution in [3.63, 3.8) is 0 Å². The van der Waals surface area contributed by atoms with Crippen LogP contribution in [0, 0.1) is 6.92 Å². The molecular formula is C16H22ClN3. The predicted octanol–water partition coefficient (Wildman–Crippen LogP) is 3.67. The third-order valence-electron chi connectivity index (χ3n) is 3.45. The van der Waals surface area contributed by atoms with E-state index in [-0.39, 0.29) is 0 Å². The first-order valence-corrected chi connectivity index (χ1v) is 7.45. The molecule has 2 rings (SSSR count). The maximum Gasteiger partial charge on any atom is 0.0522 e. The Balaban J connectivity index is 2.22. The summed E-state index contributed by atoms with van der Waals surface area (Å²) in [6, 6.07) is 6.42. The molecule has 0 fully saturated rings. The first-order valence-electron chi connectivity index (χ1n) is 7.07. The van der Waals surface area contributed by atoms with Crippen molar-refractivity contribution in [2.45, 2.75) is 32.7 Å². The van der Waals surface area contributed by atoms with Crippen LogP contribution in [0.5, 0.6) is 0 Å². The van der Waals surface area contributed by atoms with Gasteiger partial charge >= 0.3 is 0 Å². The summed E-state index contributed by atoms with van der Waals surface area (Å²) in [5.74, 6) is 0. The first-order chi connectivity index (χ1) is 9.60. The van der Waals surface area contributed by atoms with Crippen LogP contribution in [0.3, 0.4) is 0 Å². The molecule has 0 saturated heterocycles. The third kappa shape index (κ3) is 3.84. The molecule has 2 aromatic rings. The minimum absolute atomic E-state index is 0.302. The lowest BCUT2D eigenvalue weighted by atomic mass is 9.96. The SMILES string of the molecule is CCCNC(Cc1cnn(C)c1)c1ccc(Cl)cc1C. The molecule has 0 saturated carbocycles. The Bertz CT molecular complexity index is 563. The second-order valence-electron chi connectivity index (χ2n) is 5.23. The summed E-state index contributed by atoms with van der Waals surface area (Å²) < 4.78 is 1.85. The fourth-order valence-corrected chi connectivity index (χ4v) is 2.68. The second-order valence-corrected chi connectivity index (χ2v) is 5.67. The van der Waals surface area contributed by atoms with Gasteiger partial charge in [0.2, 0.25) is 0 Å². The predicted molar refractivity (Wildman–Crippen MR) is 84.1 cm³/mol. The van der Waals surface area contributed by atoms with Crippen LogP contribution in [0.25, 0.3) is 0 Å². The summed E-state index contributed by atoms with van der Waals surface area (Å²) in [6.45, 7) is 5.31. The van der Waals surface area contributed by atoms with Gasteiger partial charge in [-0.2, -0.15) is 5.10 Å². The minimum Gasteiger partial charge on any atom is -0.310 e. The number of rotatable bonds is 6. The van der Waals surface area contributed by atoms with Gasteiger partial charge < -0.3 is 5.32 Å². The maximum atomic E-state index is 6.06. The number of benzene rings is 1. The van der Waals surface area contributed by atoms with Crippen LogP contribution in [-0.2, 0) is 13.5 Å². The summed E-state index contributed by atoms with van der Waals surface area (Å²) in [6.07, 6.45) is 6.07. The molecule has 1 aromatic carbocycles. The van der Waals surface area contributed by atoms with Crippen molar-refractivity contribution in [2.24, 2.45) is 7.05 Å². The van der Waals surface area contributed by atoms with E-state index in [1.54, 1.807) is 0 Å². The van der Waals surface area contributed by atoms with Crippen LogP contribution in [0.2, 0.25) is 5.02 Å². The van der Waals surface area contributed by atoms with Gasteiger partial charge in [0.15, 0.2) is 0 Å². The highest BCUT2D eigenvalue weighted by molar-refractivity contribution is 6.30. The summed E-state index contributed by atoms with van der Waals surface area (Å²) >= 11 is 6.06. The van der Waals surface area contributed by atoms with E-state index in [9.17, 15) is 0 Å². The van der Waals surface area contributed by atoms with Crippen molar-refractivity contribution in [1.82, 2.24) is 15.1 Å². The molecule has 1 unspecified atom stereocenters. The van der Waals surface area contributed by atoms with E-state index in [1.165, 1.54) is 16.7 Å². The highest BCUT2D eigenvalue weighted by Gasteiger charge is 2.15. The number of aromatic nitrogens is 2. The highest BCUT2D eigenvalue weighted by atomic mass is 35.5. The van der Waals surface area contributed by atoms with Crippen molar-refractivity contribution in [2.75, 3.05) is 6.54 Å². The van der Waals surface area contributed by atoms with E-state index >= 15 is 0 Å². The standard InChI is InChI=1S/C16H22ClN3/c1-4-7-18-16(9-13-10-19-20(3)11-13)15-6-5-14(17)8-12(15)2/h5-6,8,10-11,16,18H,4,7,9H2,1-3H3. The molecule has 108 valence electrons. The third-order valence-corrected chi connectivity index (χ3v) is 3.68. The Kier molecular flexibility index (Phi) is 5.21. The van der Waals surface area contributed by atoms with Gasteiger partial charge in [-0.05, 0) is 55.1 Å². The van der Waals surface area contributed by atoms with Gasteiger partial charge in [-0.1, -0.05) is 24.6 Å². The number of hydrogen-bond donors (Lipinski definition) is 1. The van der Waals surface area contributed by atoms with Crippen molar-refractivity contribution in [3.8, 4) is 0 Å². The first kappa shape index (κ1) is 15.1. The van der Waals surface area contributed by atoms with Gasteiger partial charge in [0.25, 0.3) is 0 Å². The van der Waals surface area contributed by atoms with E-state index in [4.69, 9.17) is 11.6 Å². The minimum atomic E-state index is 0.302. The Labute approximate surface area is 126 Å². The molecule has 0 aliphatic rings. The smallest absolute Gasteiger partial charge is 0.0522 e. The van der Waals surface area contributed by atoms with Crippen LogP contribution in [0.15, 0.2) is 30.6 Å².